The number of amides is 3. The third kappa shape index (κ3) is 10.7. The summed E-state index contributed by atoms with van der Waals surface area (Å²) < 4.78 is 5.93. The Morgan fingerprint density at radius 1 is 1.00 bits per heavy atom. The maximum atomic E-state index is 13.7. The second-order valence-corrected chi connectivity index (χ2v) is 15.1. The molecular weight excluding hydrogens is 568 g/mol. The van der Waals surface area contributed by atoms with E-state index in [0.717, 1.165) is 62.8 Å². The molecule has 9 nitrogen and oxygen atoms in total. The van der Waals surface area contributed by atoms with Crippen LogP contribution in [0, 0.1) is 17.8 Å². The maximum Gasteiger partial charge on any atom is 0.243 e. The summed E-state index contributed by atoms with van der Waals surface area (Å²) in [6, 6.07) is 6.22. The van der Waals surface area contributed by atoms with Crippen molar-refractivity contribution in [3.8, 4) is 5.75 Å². The number of benzene rings is 1. The van der Waals surface area contributed by atoms with Gasteiger partial charge in [0.1, 0.15) is 11.8 Å². The predicted molar refractivity (Wildman–Crippen MR) is 177 cm³/mol. The van der Waals surface area contributed by atoms with Gasteiger partial charge in [-0.05, 0) is 88.3 Å². The molecule has 3 aliphatic heterocycles. The van der Waals surface area contributed by atoms with Gasteiger partial charge in [-0.15, -0.1) is 0 Å². The summed E-state index contributed by atoms with van der Waals surface area (Å²) in [5.74, 6) is 1.29. The van der Waals surface area contributed by atoms with Crippen molar-refractivity contribution >= 4 is 17.7 Å². The van der Waals surface area contributed by atoms with Gasteiger partial charge in [-0.3, -0.25) is 19.3 Å². The Morgan fingerprint density at radius 2 is 1.69 bits per heavy atom. The molecule has 1 saturated heterocycles. The van der Waals surface area contributed by atoms with Gasteiger partial charge in [0.15, 0.2) is 0 Å². The van der Waals surface area contributed by atoms with Gasteiger partial charge in [0, 0.05) is 25.0 Å². The average molecular weight is 627 g/mol. The first-order valence-electron chi connectivity index (χ1n) is 17.4. The van der Waals surface area contributed by atoms with E-state index < -0.39 is 18.2 Å². The molecule has 1 aromatic carbocycles. The Balaban J connectivity index is 1.57. The number of ether oxygens (including phenoxy) is 1. The van der Waals surface area contributed by atoms with Crippen molar-refractivity contribution in [2.75, 3.05) is 19.7 Å². The van der Waals surface area contributed by atoms with E-state index in [0.29, 0.717) is 31.3 Å². The van der Waals surface area contributed by atoms with Crippen LogP contribution in [0.15, 0.2) is 24.3 Å². The number of nitrogens with one attached hydrogen (secondary N) is 3. The van der Waals surface area contributed by atoms with Gasteiger partial charge < -0.3 is 25.8 Å². The van der Waals surface area contributed by atoms with E-state index >= 15 is 0 Å². The number of hydrogen-bond donors (Lipinski definition) is 4. The molecule has 2 unspecified atom stereocenters. The summed E-state index contributed by atoms with van der Waals surface area (Å²) in [5.41, 5.74) is 0.609. The molecular formula is C36H58N4O5. The highest BCUT2D eigenvalue weighted by Gasteiger charge is 2.42. The van der Waals surface area contributed by atoms with Crippen molar-refractivity contribution < 1.29 is 24.2 Å². The van der Waals surface area contributed by atoms with E-state index in [1.165, 1.54) is 12.8 Å². The molecule has 2 fully saturated rings. The van der Waals surface area contributed by atoms with Crippen molar-refractivity contribution in [1.82, 2.24) is 20.9 Å². The van der Waals surface area contributed by atoms with Gasteiger partial charge in [-0.25, -0.2) is 0 Å². The summed E-state index contributed by atoms with van der Waals surface area (Å²) >= 11 is 0. The zero-order valence-electron chi connectivity index (χ0n) is 28.3. The molecule has 3 amide bonds. The second-order valence-electron chi connectivity index (χ2n) is 15.1. The van der Waals surface area contributed by atoms with Crippen LogP contribution in [0.5, 0.6) is 5.75 Å². The van der Waals surface area contributed by atoms with Crippen LogP contribution in [0.3, 0.4) is 0 Å². The summed E-state index contributed by atoms with van der Waals surface area (Å²) in [6.45, 7) is 11.5. The molecule has 1 aromatic rings. The highest BCUT2D eigenvalue weighted by Crippen LogP contribution is 2.39. The van der Waals surface area contributed by atoms with Crippen molar-refractivity contribution in [1.29, 1.82) is 0 Å². The lowest BCUT2D eigenvalue weighted by atomic mass is 9.72. The average Bonchev–Trinajstić information content (AvgIpc) is 2.98. The van der Waals surface area contributed by atoms with Crippen molar-refractivity contribution in [3.63, 3.8) is 0 Å². The molecule has 1 saturated carbocycles. The zero-order chi connectivity index (χ0) is 32.6. The number of nitrogens with zero attached hydrogens (tertiary/aromatic N) is 1. The Hall–Kier alpha value is -2.65. The third-order valence-electron chi connectivity index (χ3n) is 9.73. The van der Waals surface area contributed by atoms with Gasteiger partial charge in [0.25, 0.3) is 0 Å². The van der Waals surface area contributed by atoms with Crippen molar-refractivity contribution in [2.24, 2.45) is 17.8 Å². The Morgan fingerprint density at radius 3 is 2.38 bits per heavy atom. The van der Waals surface area contributed by atoms with Gasteiger partial charge in [-0.2, -0.15) is 0 Å². The van der Waals surface area contributed by atoms with Gasteiger partial charge in [0.2, 0.25) is 17.7 Å². The fourth-order valence-electron chi connectivity index (χ4n) is 7.24. The predicted octanol–water partition coefficient (Wildman–Crippen LogP) is 4.35. The molecule has 5 rings (SSSR count). The second kappa shape index (κ2) is 16.3. The minimum atomic E-state index is -0.927. The number of aliphatic hydroxyl groups is 1. The van der Waals surface area contributed by atoms with Crippen molar-refractivity contribution in [3.05, 3.63) is 29.8 Å². The Kier molecular flexibility index (Phi) is 12.7. The smallest absolute Gasteiger partial charge is 0.243 e. The monoisotopic (exact) mass is 626 g/mol. The van der Waals surface area contributed by atoms with E-state index in [1.54, 1.807) is 0 Å². The summed E-state index contributed by atoms with van der Waals surface area (Å²) in [6.07, 6.45) is 8.95. The molecule has 0 spiro atoms. The van der Waals surface area contributed by atoms with Crippen LogP contribution in [-0.2, 0) is 20.8 Å². The van der Waals surface area contributed by atoms with E-state index in [9.17, 15) is 19.5 Å². The Bertz CT molecular complexity index is 1120. The lowest BCUT2D eigenvalue weighted by Gasteiger charge is -2.47. The minimum Gasteiger partial charge on any atom is -0.494 e. The van der Waals surface area contributed by atoms with Crippen LogP contribution in [-0.4, -0.2) is 77.2 Å². The van der Waals surface area contributed by atoms with E-state index in [2.05, 4.69) is 20.9 Å². The van der Waals surface area contributed by atoms with Crippen LogP contribution in [0.1, 0.15) is 104 Å². The number of β-amino-alcohol motifs (C(OH)–C–C–N with tert-alkyl or cyclic N) is 1. The SMILES string of the molecule is CC(C)[C@@H]1NC(=O)CCCCCCOc2ccc(cc2)C[C@@H]([C@H](O)CN2CC3CCCCC3C[C@H]2C(=O)NC(C)(C)C)NC1=O. The molecule has 0 radical (unpaired) electrons. The molecule has 6 atom stereocenters. The maximum absolute atomic E-state index is 13.7. The molecule has 3 heterocycles. The molecule has 1 aliphatic carbocycles. The zero-order valence-corrected chi connectivity index (χ0v) is 28.3. The summed E-state index contributed by atoms with van der Waals surface area (Å²) in [5, 5.41) is 21.1. The molecule has 0 aromatic heterocycles. The number of carbonyl (C=O) groups excluding carboxylic acids is 3. The normalized spacial score (nSPS) is 28.6. The highest BCUT2D eigenvalue weighted by atomic mass is 16.5. The molecule has 9 heteroatoms. The molecule has 45 heavy (non-hydrogen) atoms. The number of aliphatic hydroxyl groups excluding tert-OH is 1. The number of hydrogen-bond acceptors (Lipinski definition) is 6. The third-order valence-corrected chi connectivity index (χ3v) is 9.73. The van der Waals surface area contributed by atoms with Gasteiger partial charge in [0.05, 0.1) is 24.8 Å². The highest BCUT2D eigenvalue weighted by molar-refractivity contribution is 5.88. The van der Waals surface area contributed by atoms with Gasteiger partial charge >= 0.3 is 0 Å². The number of piperidine rings is 1. The van der Waals surface area contributed by atoms with Crippen molar-refractivity contribution in [2.45, 2.75) is 135 Å². The van der Waals surface area contributed by atoms with Crippen LogP contribution >= 0.6 is 0 Å². The van der Waals surface area contributed by atoms with E-state index in [1.807, 2.05) is 58.9 Å². The van der Waals surface area contributed by atoms with Crippen LogP contribution in [0.4, 0.5) is 0 Å². The lowest BCUT2D eigenvalue weighted by molar-refractivity contribution is -0.133. The molecule has 4 N–H and O–H groups in total. The topological polar surface area (TPSA) is 120 Å². The molecule has 2 bridgehead atoms. The first kappa shape index (κ1) is 35.2. The molecule has 4 aliphatic rings. The fraction of sp³-hybridized carbons (Fsp3) is 0.750. The van der Waals surface area contributed by atoms with Gasteiger partial charge in [-0.1, -0.05) is 58.1 Å². The largest absolute Gasteiger partial charge is 0.494 e. The standard InChI is InChI=1S/C36H58N4O5/c1-24(2)33-35(44)37-29(20-25-15-17-28(18-16-25)45-19-11-7-6-8-14-32(42)38-33)31(41)23-40-22-27-13-10-9-12-26(27)21-30(40)34(43)39-36(3,4)5/h15-18,24,26-27,29-31,33,41H,6-14,19-23H2,1-5H3,(H,37,44)(H,38,42)(H,39,43)/t26?,27?,29-,30-,31+,33-/m0/s1. The first-order valence-corrected chi connectivity index (χ1v) is 17.4. The van der Waals surface area contributed by atoms with Crippen LogP contribution in [0.25, 0.3) is 0 Å². The van der Waals surface area contributed by atoms with Crippen LogP contribution < -0.4 is 20.7 Å². The number of likely N-dealkylation sites (tertiary alicyclic amines) is 1. The molecule has 252 valence electrons. The van der Waals surface area contributed by atoms with E-state index in [-0.39, 0.29) is 41.8 Å². The van der Waals surface area contributed by atoms with E-state index in [4.69, 9.17) is 4.74 Å². The fourth-order valence-corrected chi connectivity index (χ4v) is 7.24. The Labute approximate surface area is 270 Å². The minimum absolute atomic E-state index is 0.00522. The lowest BCUT2D eigenvalue weighted by Crippen LogP contribution is -2.61. The summed E-state index contributed by atoms with van der Waals surface area (Å²) in [7, 11) is 0. The summed E-state index contributed by atoms with van der Waals surface area (Å²) in [4.78, 5) is 42.3. The number of rotatable bonds is 5. The first-order chi connectivity index (χ1) is 21.4. The number of fused-ring (bicyclic) bond motifs is 16. The quantitative estimate of drug-likeness (QED) is 0.386. The number of carbonyl (C=O) groups is 3. The van der Waals surface area contributed by atoms with Crippen LogP contribution in [0.2, 0.25) is 0 Å².